The van der Waals surface area contributed by atoms with Gasteiger partial charge in [-0.2, -0.15) is 9.78 Å². The molecule has 4 unspecified atom stereocenters. The molecule has 1 aliphatic rings. The van der Waals surface area contributed by atoms with Crippen LogP contribution in [0.1, 0.15) is 6.23 Å². The number of aromatic nitrogens is 2. The van der Waals surface area contributed by atoms with Gasteiger partial charge in [0.15, 0.2) is 6.23 Å². The molecule has 4 N–H and O–H groups in total. The van der Waals surface area contributed by atoms with Crippen LogP contribution in [0, 0.1) is 0 Å². The van der Waals surface area contributed by atoms with E-state index in [4.69, 9.17) is 21.4 Å². The summed E-state index contributed by atoms with van der Waals surface area (Å²) in [5.74, 6) is 0. The molecular weight excluding hydrogens is 278 g/mol. The molecule has 0 radical (unpaired) electrons. The molecule has 9 heteroatoms. The van der Waals surface area contributed by atoms with E-state index in [1.165, 1.54) is 6.20 Å². The van der Waals surface area contributed by atoms with Crippen molar-refractivity contribution in [1.29, 1.82) is 0 Å². The largest absolute Gasteiger partial charge is 0.394 e. The molecule has 0 aromatic carbocycles. The summed E-state index contributed by atoms with van der Waals surface area (Å²) in [6.45, 7) is -0.480. The molecule has 8 nitrogen and oxygen atoms in total. The van der Waals surface area contributed by atoms with Crippen molar-refractivity contribution in [2.75, 3.05) is 19.0 Å². The van der Waals surface area contributed by atoms with E-state index in [2.05, 4.69) is 10.4 Å². The Bertz CT molecular complexity index is 522. The zero-order valence-electron chi connectivity index (χ0n) is 10.0. The Balaban J connectivity index is 2.38. The summed E-state index contributed by atoms with van der Waals surface area (Å²) in [6, 6.07) is 0. The van der Waals surface area contributed by atoms with Crippen molar-refractivity contribution in [3.8, 4) is 0 Å². The summed E-state index contributed by atoms with van der Waals surface area (Å²) in [6.07, 6.45) is -3.54. The molecule has 106 valence electrons. The minimum atomic E-state index is -1.38. The monoisotopic (exact) mass is 291 g/mol. The Hall–Kier alpha value is -1.19. The summed E-state index contributed by atoms with van der Waals surface area (Å²) in [5.41, 5.74) is -0.321. The molecule has 1 aromatic rings. The predicted molar refractivity (Wildman–Crippen MR) is 66.1 cm³/mol. The number of nitrogens with one attached hydrogen (secondary N) is 1. The summed E-state index contributed by atoms with van der Waals surface area (Å²) in [5, 5.41) is 34.8. The average molecular weight is 292 g/mol. The molecule has 0 saturated carbocycles. The van der Waals surface area contributed by atoms with Gasteiger partial charge in [0.2, 0.25) is 0 Å². The van der Waals surface area contributed by atoms with Crippen LogP contribution in [0.3, 0.4) is 0 Å². The van der Waals surface area contributed by atoms with Crippen LogP contribution in [0.4, 0.5) is 5.69 Å². The van der Waals surface area contributed by atoms with Gasteiger partial charge in [0.25, 0.3) is 5.56 Å². The van der Waals surface area contributed by atoms with Crippen molar-refractivity contribution in [2.45, 2.75) is 24.5 Å². The van der Waals surface area contributed by atoms with Crippen LogP contribution in [0.2, 0.25) is 5.02 Å². The minimum Gasteiger partial charge on any atom is -0.394 e. The second-order valence-corrected chi connectivity index (χ2v) is 4.48. The van der Waals surface area contributed by atoms with Gasteiger partial charge in [0.1, 0.15) is 23.3 Å². The number of nitrogens with zero attached hydrogens (tertiary/aromatic N) is 2. The number of aliphatic hydroxyl groups excluding tert-OH is 3. The smallest absolute Gasteiger partial charge is 0.290 e. The van der Waals surface area contributed by atoms with E-state index in [1.807, 2.05) is 0 Å². The fourth-order valence-electron chi connectivity index (χ4n) is 1.88. The van der Waals surface area contributed by atoms with E-state index in [0.717, 1.165) is 4.68 Å². The quantitative estimate of drug-likeness (QED) is 0.538. The molecule has 1 fully saturated rings. The fourth-order valence-corrected chi connectivity index (χ4v) is 2.11. The number of ether oxygens (including phenoxy) is 1. The molecule has 4 atom stereocenters. The Morgan fingerprint density at radius 2 is 2.21 bits per heavy atom. The zero-order valence-corrected chi connectivity index (χ0v) is 10.8. The van der Waals surface area contributed by atoms with Crippen molar-refractivity contribution in [1.82, 2.24) is 9.78 Å². The van der Waals surface area contributed by atoms with Gasteiger partial charge < -0.3 is 25.4 Å². The topological polar surface area (TPSA) is 117 Å². The van der Waals surface area contributed by atoms with Crippen molar-refractivity contribution in [2.24, 2.45) is 0 Å². The lowest BCUT2D eigenvalue weighted by atomic mass is 10.1. The molecule has 0 spiro atoms. The number of halogens is 1. The normalized spacial score (nSPS) is 30.6. The van der Waals surface area contributed by atoms with E-state index in [0.29, 0.717) is 5.69 Å². The lowest BCUT2D eigenvalue weighted by Gasteiger charge is -2.17. The van der Waals surface area contributed by atoms with Gasteiger partial charge in [-0.15, -0.1) is 0 Å². The van der Waals surface area contributed by atoms with Crippen LogP contribution in [0.25, 0.3) is 0 Å². The van der Waals surface area contributed by atoms with Gasteiger partial charge in [-0.25, -0.2) is 0 Å². The van der Waals surface area contributed by atoms with Gasteiger partial charge >= 0.3 is 0 Å². The molecule has 1 aliphatic heterocycles. The van der Waals surface area contributed by atoms with Crippen LogP contribution in [0.15, 0.2) is 11.0 Å². The number of hydrogen-bond donors (Lipinski definition) is 4. The first-order valence-electron chi connectivity index (χ1n) is 5.58. The summed E-state index contributed by atoms with van der Waals surface area (Å²) in [7, 11) is 1.58. The Labute approximate surface area is 113 Å². The molecule has 19 heavy (non-hydrogen) atoms. The van der Waals surface area contributed by atoms with E-state index in [9.17, 15) is 15.0 Å². The Kier molecular flexibility index (Phi) is 4.07. The highest BCUT2D eigenvalue weighted by atomic mass is 35.5. The van der Waals surface area contributed by atoms with Gasteiger partial charge in [0, 0.05) is 7.05 Å². The van der Waals surface area contributed by atoms with Gasteiger partial charge in [-0.3, -0.25) is 4.79 Å². The number of hydrogen-bond acceptors (Lipinski definition) is 7. The first kappa shape index (κ1) is 14.2. The lowest BCUT2D eigenvalue weighted by molar-refractivity contribution is -0.0609. The second-order valence-electron chi connectivity index (χ2n) is 4.10. The van der Waals surface area contributed by atoms with E-state index >= 15 is 0 Å². The maximum absolute atomic E-state index is 12.0. The minimum absolute atomic E-state index is 0.102. The van der Waals surface area contributed by atoms with Crippen LogP contribution >= 0.6 is 11.6 Å². The predicted octanol–water partition coefficient (Wildman–Crippen LogP) is -1.45. The Morgan fingerprint density at radius 3 is 2.74 bits per heavy atom. The zero-order chi connectivity index (χ0) is 14.2. The molecule has 2 heterocycles. The second kappa shape index (κ2) is 5.43. The highest BCUT2D eigenvalue weighted by Gasteiger charge is 2.44. The maximum atomic E-state index is 12.0. The van der Waals surface area contributed by atoms with Crippen LogP contribution in [0.5, 0.6) is 0 Å². The van der Waals surface area contributed by atoms with Crippen molar-refractivity contribution in [3.05, 3.63) is 21.6 Å². The lowest BCUT2D eigenvalue weighted by Crippen LogP contribution is -2.36. The number of anilines is 1. The van der Waals surface area contributed by atoms with Crippen molar-refractivity contribution >= 4 is 17.3 Å². The standard InChI is InChI=1S/C10H14ClN3O5/c1-12-4-2-13-14(9(18)6(4)11)10-8(17)7(16)5(3-15)19-10/h2,5,7-8,10,12,15-17H,3H2,1H3. The van der Waals surface area contributed by atoms with Crippen molar-refractivity contribution in [3.63, 3.8) is 0 Å². The van der Waals surface area contributed by atoms with E-state index in [-0.39, 0.29) is 5.02 Å². The highest BCUT2D eigenvalue weighted by Crippen LogP contribution is 2.28. The average Bonchev–Trinajstić information content (AvgIpc) is 2.69. The molecule has 1 aromatic heterocycles. The first-order chi connectivity index (χ1) is 9.01. The van der Waals surface area contributed by atoms with Crippen LogP contribution < -0.4 is 10.9 Å². The number of rotatable bonds is 3. The first-order valence-corrected chi connectivity index (χ1v) is 5.96. The SMILES string of the molecule is CNc1cnn(C2OC(CO)C(O)C2O)c(=O)c1Cl. The van der Waals surface area contributed by atoms with Gasteiger partial charge in [-0.1, -0.05) is 11.6 Å². The third-order valence-corrected chi connectivity index (χ3v) is 3.34. The van der Waals surface area contributed by atoms with E-state index < -0.39 is 36.7 Å². The summed E-state index contributed by atoms with van der Waals surface area (Å²) < 4.78 is 6.04. The third kappa shape index (κ3) is 2.33. The maximum Gasteiger partial charge on any atom is 0.290 e. The number of aliphatic hydroxyl groups is 3. The molecule has 1 saturated heterocycles. The van der Waals surface area contributed by atoms with Crippen LogP contribution in [-0.4, -0.2) is 57.1 Å². The molecule has 0 aliphatic carbocycles. The fraction of sp³-hybridized carbons (Fsp3) is 0.600. The van der Waals surface area contributed by atoms with Crippen LogP contribution in [-0.2, 0) is 4.74 Å². The van der Waals surface area contributed by atoms with E-state index in [1.54, 1.807) is 7.05 Å². The Morgan fingerprint density at radius 1 is 1.53 bits per heavy atom. The molecular formula is C10H14ClN3O5. The molecule has 0 amide bonds. The van der Waals surface area contributed by atoms with Crippen molar-refractivity contribution < 1.29 is 20.1 Å². The third-order valence-electron chi connectivity index (χ3n) is 2.97. The highest BCUT2D eigenvalue weighted by molar-refractivity contribution is 6.32. The molecule has 0 bridgehead atoms. The van der Waals surface area contributed by atoms with Gasteiger partial charge in [0.05, 0.1) is 18.5 Å². The summed E-state index contributed by atoms with van der Waals surface area (Å²) in [4.78, 5) is 12.0. The summed E-state index contributed by atoms with van der Waals surface area (Å²) >= 11 is 5.85. The molecule has 2 rings (SSSR count). The van der Waals surface area contributed by atoms with Gasteiger partial charge in [-0.05, 0) is 0 Å².